The zero-order chi connectivity index (χ0) is 22.8. The minimum absolute atomic E-state index is 0.331. The van der Waals surface area contributed by atoms with Crippen LogP contribution in [0.3, 0.4) is 0 Å². The highest BCUT2D eigenvalue weighted by Crippen LogP contribution is 2.28. The third-order valence-corrected chi connectivity index (χ3v) is 5.87. The van der Waals surface area contributed by atoms with Gasteiger partial charge in [0, 0.05) is 12.1 Å². The van der Waals surface area contributed by atoms with Crippen molar-refractivity contribution in [2.24, 2.45) is 0 Å². The molecule has 0 saturated carbocycles. The number of nitrogens with zero attached hydrogens (tertiary/aromatic N) is 2. The second-order valence-corrected chi connectivity index (χ2v) is 8.11. The van der Waals surface area contributed by atoms with Crippen LogP contribution in [0, 0.1) is 6.92 Å². The molecule has 0 aliphatic heterocycles. The van der Waals surface area contributed by atoms with E-state index in [0.29, 0.717) is 12.1 Å². The first-order valence-electron chi connectivity index (χ1n) is 10.9. The molecule has 0 saturated heterocycles. The summed E-state index contributed by atoms with van der Waals surface area (Å²) in [5, 5.41) is 0. The number of methoxy groups -OCH3 is 1. The Balaban J connectivity index is 1.53. The SMILES string of the molecule is COC(=O)c1ccccc1-c1ccc(Cn2c(-c3cccc(C)c3)nc3ccccc32)cc1. The van der Waals surface area contributed by atoms with Crippen LogP contribution in [-0.2, 0) is 11.3 Å². The summed E-state index contributed by atoms with van der Waals surface area (Å²) in [7, 11) is 1.41. The zero-order valence-electron chi connectivity index (χ0n) is 18.7. The second kappa shape index (κ2) is 8.75. The highest BCUT2D eigenvalue weighted by atomic mass is 16.5. The standard InChI is InChI=1S/C29H24N2O2/c1-20-8-7-9-23(18-20)28-30-26-12-5-6-13-27(26)31(28)19-21-14-16-22(17-15-21)24-10-3-4-11-25(24)29(32)33-2/h3-18H,19H2,1-2H3. The van der Waals surface area contributed by atoms with Crippen molar-refractivity contribution in [1.82, 2.24) is 9.55 Å². The van der Waals surface area contributed by atoms with Crippen LogP contribution in [0.25, 0.3) is 33.5 Å². The molecule has 0 radical (unpaired) electrons. The predicted octanol–water partition coefficient (Wildman–Crippen LogP) is 6.51. The summed E-state index contributed by atoms with van der Waals surface area (Å²) in [4.78, 5) is 17.1. The Labute approximate surface area is 193 Å². The Morgan fingerprint density at radius 3 is 2.39 bits per heavy atom. The van der Waals surface area contributed by atoms with Crippen LogP contribution in [0.1, 0.15) is 21.5 Å². The van der Waals surface area contributed by atoms with E-state index >= 15 is 0 Å². The molecule has 4 aromatic carbocycles. The third kappa shape index (κ3) is 4.03. The first-order chi connectivity index (χ1) is 16.1. The predicted molar refractivity (Wildman–Crippen MR) is 132 cm³/mol. The average molecular weight is 433 g/mol. The lowest BCUT2D eigenvalue weighted by molar-refractivity contribution is 0.0601. The van der Waals surface area contributed by atoms with Crippen molar-refractivity contribution in [3.8, 4) is 22.5 Å². The first kappa shape index (κ1) is 20.7. The van der Waals surface area contributed by atoms with Gasteiger partial charge >= 0.3 is 5.97 Å². The molecule has 0 atom stereocenters. The fourth-order valence-corrected chi connectivity index (χ4v) is 4.24. The van der Waals surface area contributed by atoms with E-state index in [1.54, 1.807) is 6.07 Å². The van der Waals surface area contributed by atoms with Gasteiger partial charge in [-0.15, -0.1) is 0 Å². The number of benzene rings is 4. The molecule has 0 unspecified atom stereocenters. The van der Waals surface area contributed by atoms with Gasteiger partial charge in [-0.25, -0.2) is 9.78 Å². The van der Waals surface area contributed by atoms with Crippen LogP contribution in [0.15, 0.2) is 97.1 Å². The van der Waals surface area contributed by atoms with E-state index < -0.39 is 0 Å². The van der Waals surface area contributed by atoms with Crippen LogP contribution in [0.4, 0.5) is 0 Å². The van der Waals surface area contributed by atoms with Gasteiger partial charge in [-0.05, 0) is 47.9 Å². The fraction of sp³-hybridized carbons (Fsp3) is 0.103. The van der Waals surface area contributed by atoms with E-state index in [-0.39, 0.29) is 5.97 Å². The summed E-state index contributed by atoms with van der Waals surface area (Å²) in [6.07, 6.45) is 0. The monoisotopic (exact) mass is 432 g/mol. The van der Waals surface area contributed by atoms with Gasteiger partial charge < -0.3 is 9.30 Å². The van der Waals surface area contributed by atoms with Crippen LogP contribution >= 0.6 is 0 Å². The summed E-state index contributed by atoms with van der Waals surface area (Å²) in [5.41, 5.74) is 7.97. The van der Waals surface area contributed by atoms with Crippen molar-refractivity contribution in [2.75, 3.05) is 7.11 Å². The fourth-order valence-electron chi connectivity index (χ4n) is 4.24. The maximum absolute atomic E-state index is 12.2. The Morgan fingerprint density at radius 2 is 1.61 bits per heavy atom. The van der Waals surface area contributed by atoms with Gasteiger partial charge in [-0.2, -0.15) is 0 Å². The Morgan fingerprint density at radius 1 is 0.848 bits per heavy atom. The zero-order valence-corrected chi connectivity index (χ0v) is 18.7. The van der Waals surface area contributed by atoms with Crippen molar-refractivity contribution in [1.29, 1.82) is 0 Å². The van der Waals surface area contributed by atoms with E-state index in [1.807, 2.05) is 30.3 Å². The van der Waals surface area contributed by atoms with Crippen molar-refractivity contribution in [3.63, 3.8) is 0 Å². The molecule has 162 valence electrons. The molecule has 0 bridgehead atoms. The van der Waals surface area contributed by atoms with Gasteiger partial charge in [0.25, 0.3) is 0 Å². The number of rotatable bonds is 5. The summed E-state index contributed by atoms with van der Waals surface area (Å²) >= 11 is 0. The Hall–Kier alpha value is -4.18. The van der Waals surface area contributed by atoms with Gasteiger partial charge in [-0.3, -0.25) is 0 Å². The number of hydrogen-bond donors (Lipinski definition) is 0. The summed E-state index contributed by atoms with van der Waals surface area (Å²) in [5.74, 6) is 0.627. The van der Waals surface area contributed by atoms with Gasteiger partial charge in [-0.1, -0.05) is 78.4 Å². The second-order valence-electron chi connectivity index (χ2n) is 8.11. The topological polar surface area (TPSA) is 44.1 Å². The number of hydrogen-bond acceptors (Lipinski definition) is 3. The molecular formula is C29H24N2O2. The quantitative estimate of drug-likeness (QED) is 0.297. The van der Waals surface area contributed by atoms with Crippen molar-refractivity contribution in [3.05, 3.63) is 114 Å². The molecular weight excluding hydrogens is 408 g/mol. The Kier molecular flexibility index (Phi) is 5.49. The Bertz CT molecular complexity index is 1450. The lowest BCUT2D eigenvalue weighted by Gasteiger charge is -2.12. The highest BCUT2D eigenvalue weighted by Gasteiger charge is 2.15. The van der Waals surface area contributed by atoms with Crippen LogP contribution in [0.2, 0.25) is 0 Å². The molecule has 0 aliphatic carbocycles. The molecule has 4 heteroatoms. The first-order valence-corrected chi connectivity index (χ1v) is 10.9. The maximum atomic E-state index is 12.2. The molecule has 4 nitrogen and oxygen atoms in total. The largest absolute Gasteiger partial charge is 0.465 e. The number of aromatic nitrogens is 2. The van der Waals surface area contributed by atoms with Crippen LogP contribution in [-0.4, -0.2) is 22.6 Å². The molecule has 0 amide bonds. The van der Waals surface area contributed by atoms with E-state index in [1.165, 1.54) is 12.7 Å². The number of aryl methyl sites for hydroxylation is 1. The molecule has 0 spiro atoms. The molecule has 0 N–H and O–H groups in total. The van der Waals surface area contributed by atoms with E-state index in [2.05, 4.69) is 72.2 Å². The summed E-state index contributed by atoms with van der Waals surface area (Å²) in [6.45, 7) is 2.80. The van der Waals surface area contributed by atoms with Gasteiger partial charge in [0.15, 0.2) is 0 Å². The lowest BCUT2D eigenvalue weighted by atomic mass is 9.98. The van der Waals surface area contributed by atoms with Crippen molar-refractivity contribution >= 4 is 17.0 Å². The molecule has 0 aliphatic rings. The number of para-hydroxylation sites is 2. The van der Waals surface area contributed by atoms with Gasteiger partial charge in [0.2, 0.25) is 0 Å². The summed E-state index contributed by atoms with van der Waals surface area (Å²) < 4.78 is 7.21. The number of carbonyl (C=O) groups is 1. The highest BCUT2D eigenvalue weighted by molar-refractivity contribution is 5.97. The minimum Gasteiger partial charge on any atom is -0.465 e. The molecule has 5 aromatic rings. The minimum atomic E-state index is -0.331. The maximum Gasteiger partial charge on any atom is 0.338 e. The number of carbonyl (C=O) groups excluding carboxylic acids is 1. The molecule has 0 fully saturated rings. The molecule has 5 rings (SSSR count). The van der Waals surface area contributed by atoms with Gasteiger partial charge in [0.1, 0.15) is 5.82 Å². The summed E-state index contributed by atoms with van der Waals surface area (Å²) in [6, 6.07) is 32.5. The number of imidazole rings is 1. The number of ether oxygens (including phenoxy) is 1. The van der Waals surface area contributed by atoms with E-state index in [0.717, 1.165) is 39.1 Å². The molecule has 1 heterocycles. The molecule has 1 aromatic heterocycles. The van der Waals surface area contributed by atoms with Crippen molar-refractivity contribution in [2.45, 2.75) is 13.5 Å². The van der Waals surface area contributed by atoms with E-state index in [4.69, 9.17) is 9.72 Å². The smallest absolute Gasteiger partial charge is 0.338 e. The third-order valence-electron chi connectivity index (χ3n) is 5.87. The average Bonchev–Trinajstić information content (AvgIpc) is 3.22. The number of fused-ring (bicyclic) bond motifs is 1. The van der Waals surface area contributed by atoms with Crippen molar-refractivity contribution < 1.29 is 9.53 Å². The van der Waals surface area contributed by atoms with E-state index in [9.17, 15) is 4.79 Å². The normalized spacial score (nSPS) is 11.0. The molecule has 33 heavy (non-hydrogen) atoms. The lowest BCUT2D eigenvalue weighted by Crippen LogP contribution is -2.04. The van der Waals surface area contributed by atoms with Gasteiger partial charge in [0.05, 0.1) is 23.7 Å². The number of esters is 1. The van der Waals surface area contributed by atoms with Crippen LogP contribution in [0.5, 0.6) is 0 Å². The van der Waals surface area contributed by atoms with Crippen LogP contribution < -0.4 is 0 Å².